The number of ether oxygens (including phenoxy) is 2. The number of carbonyl (C=O) groups excluding carboxylic acids is 1. The van der Waals surface area contributed by atoms with Crippen molar-refractivity contribution < 1.29 is 19.2 Å². The van der Waals surface area contributed by atoms with Crippen molar-refractivity contribution in [3.05, 3.63) is 96.6 Å². The van der Waals surface area contributed by atoms with Crippen molar-refractivity contribution in [1.29, 1.82) is 10.5 Å². The van der Waals surface area contributed by atoms with Crippen LogP contribution in [0.25, 0.3) is 6.08 Å². The zero-order valence-corrected chi connectivity index (χ0v) is 21.2. The third-order valence-electron chi connectivity index (χ3n) is 4.83. The molecular formula is C26H19IN4O5. The number of hydrogen-bond acceptors (Lipinski definition) is 7. The summed E-state index contributed by atoms with van der Waals surface area (Å²) in [6, 6.07) is 19.9. The van der Waals surface area contributed by atoms with Gasteiger partial charge in [-0.15, -0.1) is 0 Å². The lowest BCUT2D eigenvalue weighted by molar-refractivity contribution is -0.384. The first kappa shape index (κ1) is 26.2. The number of anilines is 1. The number of carbonyl (C=O) groups is 1. The van der Waals surface area contributed by atoms with Crippen LogP contribution in [0.1, 0.15) is 23.6 Å². The highest BCUT2D eigenvalue weighted by molar-refractivity contribution is 14.1. The van der Waals surface area contributed by atoms with E-state index in [9.17, 15) is 25.4 Å². The molecule has 3 rings (SSSR count). The summed E-state index contributed by atoms with van der Waals surface area (Å²) in [7, 11) is 0. The molecule has 180 valence electrons. The van der Waals surface area contributed by atoms with E-state index in [1.54, 1.807) is 24.3 Å². The summed E-state index contributed by atoms with van der Waals surface area (Å²) in [6.45, 7) is 2.33. The van der Waals surface area contributed by atoms with E-state index in [-0.39, 0.29) is 23.6 Å². The van der Waals surface area contributed by atoms with E-state index in [1.165, 1.54) is 30.3 Å². The molecule has 0 spiro atoms. The molecule has 0 saturated carbocycles. The minimum atomic E-state index is -0.709. The largest absolute Gasteiger partial charge is 0.490 e. The molecule has 1 amide bonds. The van der Waals surface area contributed by atoms with Crippen LogP contribution >= 0.6 is 22.6 Å². The zero-order valence-electron chi connectivity index (χ0n) is 19.0. The van der Waals surface area contributed by atoms with Crippen molar-refractivity contribution in [3.8, 4) is 23.6 Å². The van der Waals surface area contributed by atoms with Gasteiger partial charge >= 0.3 is 0 Å². The lowest BCUT2D eigenvalue weighted by atomic mass is 10.1. The van der Waals surface area contributed by atoms with Gasteiger partial charge in [-0.05, 0) is 65.4 Å². The molecule has 9 nitrogen and oxygen atoms in total. The number of nitrogens with zero attached hydrogens (tertiary/aromatic N) is 3. The number of hydrogen-bond donors (Lipinski definition) is 1. The van der Waals surface area contributed by atoms with E-state index >= 15 is 0 Å². The fraction of sp³-hybridized carbons (Fsp3) is 0.115. The highest BCUT2D eigenvalue weighted by Gasteiger charge is 2.16. The molecule has 0 saturated heterocycles. The van der Waals surface area contributed by atoms with E-state index in [1.807, 2.05) is 25.1 Å². The lowest BCUT2D eigenvalue weighted by Crippen LogP contribution is -2.13. The molecule has 0 radical (unpaired) electrons. The van der Waals surface area contributed by atoms with Crippen molar-refractivity contribution >= 4 is 45.9 Å². The van der Waals surface area contributed by atoms with E-state index in [4.69, 9.17) is 9.47 Å². The summed E-state index contributed by atoms with van der Waals surface area (Å²) < 4.78 is 12.4. The lowest BCUT2D eigenvalue weighted by Gasteiger charge is -2.15. The second-order valence-electron chi connectivity index (χ2n) is 7.25. The Bertz CT molecular complexity index is 1420. The number of nitro benzene ring substituents is 1. The first-order chi connectivity index (χ1) is 17.4. The number of halogens is 1. The van der Waals surface area contributed by atoms with Gasteiger partial charge in [0.05, 0.1) is 26.7 Å². The predicted octanol–water partition coefficient (Wildman–Crippen LogP) is 5.59. The van der Waals surface area contributed by atoms with Crippen LogP contribution in [0, 0.1) is 36.3 Å². The Hall–Kier alpha value is -4.42. The molecule has 0 aliphatic rings. The Morgan fingerprint density at radius 3 is 2.61 bits per heavy atom. The van der Waals surface area contributed by atoms with E-state index in [0.717, 1.165) is 5.56 Å². The van der Waals surface area contributed by atoms with Crippen molar-refractivity contribution in [3.63, 3.8) is 0 Å². The molecule has 0 aliphatic heterocycles. The molecular weight excluding hydrogens is 575 g/mol. The van der Waals surface area contributed by atoms with Crippen molar-refractivity contribution in [2.75, 3.05) is 11.9 Å². The quantitative estimate of drug-likeness (QED) is 0.112. The van der Waals surface area contributed by atoms with Crippen LogP contribution in [0.4, 0.5) is 11.4 Å². The summed E-state index contributed by atoms with van der Waals surface area (Å²) in [6.07, 6.45) is 1.39. The third kappa shape index (κ3) is 6.58. The Kier molecular flexibility index (Phi) is 8.97. The second-order valence-corrected chi connectivity index (χ2v) is 8.41. The van der Waals surface area contributed by atoms with Gasteiger partial charge in [0.25, 0.3) is 11.6 Å². The Morgan fingerprint density at radius 1 is 1.14 bits per heavy atom. The van der Waals surface area contributed by atoms with Gasteiger partial charge in [-0.25, -0.2) is 0 Å². The van der Waals surface area contributed by atoms with Gasteiger partial charge in [-0.1, -0.05) is 24.3 Å². The Morgan fingerprint density at radius 2 is 1.92 bits per heavy atom. The maximum Gasteiger partial charge on any atom is 0.271 e. The molecule has 0 aliphatic carbocycles. The molecule has 1 N–H and O–H groups in total. The van der Waals surface area contributed by atoms with Gasteiger partial charge in [0.1, 0.15) is 18.2 Å². The van der Waals surface area contributed by atoms with Crippen LogP contribution in [-0.4, -0.2) is 17.4 Å². The number of nitrogens with one attached hydrogen (secondary N) is 1. The highest BCUT2D eigenvalue weighted by atomic mass is 127. The molecule has 0 atom stereocenters. The van der Waals surface area contributed by atoms with Gasteiger partial charge in [0, 0.05) is 23.4 Å². The monoisotopic (exact) mass is 594 g/mol. The number of benzene rings is 3. The average Bonchev–Trinajstić information content (AvgIpc) is 2.87. The molecule has 3 aromatic rings. The molecule has 0 fully saturated rings. The van der Waals surface area contributed by atoms with Crippen LogP contribution in [0.3, 0.4) is 0 Å². The average molecular weight is 594 g/mol. The highest BCUT2D eigenvalue weighted by Crippen LogP contribution is 2.36. The first-order valence-electron chi connectivity index (χ1n) is 10.6. The molecule has 0 unspecified atom stereocenters. The van der Waals surface area contributed by atoms with Crippen molar-refractivity contribution in [1.82, 2.24) is 0 Å². The van der Waals surface area contributed by atoms with Gasteiger partial charge in [-0.3, -0.25) is 14.9 Å². The number of nitro groups is 1. The van der Waals surface area contributed by atoms with E-state index < -0.39 is 10.8 Å². The third-order valence-corrected chi connectivity index (χ3v) is 5.63. The number of nitriles is 2. The van der Waals surface area contributed by atoms with Gasteiger partial charge in [0.2, 0.25) is 0 Å². The standard InChI is InChI=1S/C26H19IN4O5/c1-2-35-24-12-17(11-23(27)25(24)36-16-19-7-4-3-6-18(19)14-28)10-20(15-29)26(32)30-21-8-5-9-22(13-21)31(33)34/h3-13H,2,16H2,1H3,(H,30,32)/b20-10+. The number of amides is 1. The normalized spacial score (nSPS) is 10.6. The van der Waals surface area contributed by atoms with Crippen LogP contribution in [0.5, 0.6) is 11.5 Å². The van der Waals surface area contributed by atoms with Crippen molar-refractivity contribution in [2.45, 2.75) is 13.5 Å². The topological polar surface area (TPSA) is 138 Å². The van der Waals surface area contributed by atoms with Crippen LogP contribution in [-0.2, 0) is 11.4 Å². The van der Waals surface area contributed by atoms with Crippen LogP contribution in [0.15, 0.2) is 66.2 Å². The molecule has 36 heavy (non-hydrogen) atoms. The summed E-state index contributed by atoms with van der Waals surface area (Å²) >= 11 is 2.07. The van der Waals surface area contributed by atoms with Crippen LogP contribution in [0.2, 0.25) is 0 Å². The molecule has 0 heterocycles. The first-order valence-corrected chi connectivity index (χ1v) is 11.7. The van der Waals surface area contributed by atoms with Crippen molar-refractivity contribution in [2.24, 2.45) is 0 Å². The van der Waals surface area contributed by atoms with Gasteiger partial charge in [0.15, 0.2) is 11.5 Å². The minimum absolute atomic E-state index is 0.157. The summed E-state index contributed by atoms with van der Waals surface area (Å²) in [4.78, 5) is 23.0. The summed E-state index contributed by atoms with van der Waals surface area (Å²) in [5.41, 5.74) is 1.58. The Labute approximate surface area is 220 Å². The van der Waals surface area contributed by atoms with E-state index in [0.29, 0.717) is 32.8 Å². The minimum Gasteiger partial charge on any atom is -0.490 e. The molecule has 10 heteroatoms. The zero-order chi connectivity index (χ0) is 26.1. The maximum atomic E-state index is 12.7. The predicted molar refractivity (Wildman–Crippen MR) is 141 cm³/mol. The molecule has 0 aromatic heterocycles. The van der Waals surface area contributed by atoms with Gasteiger partial charge < -0.3 is 14.8 Å². The smallest absolute Gasteiger partial charge is 0.271 e. The summed E-state index contributed by atoms with van der Waals surface area (Å²) in [5, 5.41) is 32.3. The molecule has 0 bridgehead atoms. The fourth-order valence-electron chi connectivity index (χ4n) is 3.19. The summed E-state index contributed by atoms with van der Waals surface area (Å²) in [5.74, 6) is 0.183. The maximum absolute atomic E-state index is 12.7. The van der Waals surface area contributed by atoms with Gasteiger partial charge in [-0.2, -0.15) is 10.5 Å². The van der Waals surface area contributed by atoms with Crippen LogP contribution < -0.4 is 14.8 Å². The van der Waals surface area contributed by atoms with E-state index in [2.05, 4.69) is 34.0 Å². The Balaban J connectivity index is 1.86. The molecule has 3 aromatic carbocycles. The number of non-ortho nitro benzene ring substituents is 1. The second kappa shape index (κ2) is 12.3. The fourth-order valence-corrected chi connectivity index (χ4v) is 3.97. The SMILES string of the molecule is CCOc1cc(/C=C(\C#N)C(=O)Nc2cccc([N+](=O)[O-])c2)cc(I)c1OCc1ccccc1C#N. The number of rotatable bonds is 9.